The summed E-state index contributed by atoms with van der Waals surface area (Å²) in [6.45, 7) is 6.69. The fourth-order valence-electron chi connectivity index (χ4n) is 4.11. The largest absolute Gasteiger partial charge is 0.420 e. The molecule has 26 heavy (non-hydrogen) atoms. The lowest BCUT2D eigenvalue weighted by Crippen LogP contribution is -2.38. The number of rotatable bonds is 3. The van der Waals surface area contributed by atoms with Crippen molar-refractivity contribution in [3.05, 3.63) is 30.4 Å². The molecule has 1 amide bonds. The maximum Gasteiger partial charge on any atom is 0.247 e. The van der Waals surface area contributed by atoms with Gasteiger partial charge in [-0.1, -0.05) is 13.8 Å². The van der Waals surface area contributed by atoms with Crippen molar-refractivity contribution in [3.8, 4) is 11.5 Å². The van der Waals surface area contributed by atoms with Gasteiger partial charge < -0.3 is 14.1 Å². The Kier molecular flexibility index (Phi) is 4.48. The minimum absolute atomic E-state index is 0.0132. The van der Waals surface area contributed by atoms with Crippen LogP contribution >= 0.6 is 0 Å². The van der Waals surface area contributed by atoms with E-state index in [2.05, 4.69) is 15.2 Å². The summed E-state index contributed by atoms with van der Waals surface area (Å²) in [6, 6.07) is 3.70. The Morgan fingerprint density at radius 2 is 1.96 bits per heavy atom. The highest BCUT2D eigenvalue weighted by atomic mass is 16.5. The van der Waals surface area contributed by atoms with Crippen molar-refractivity contribution in [1.29, 1.82) is 0 Å². The highest BCUT2D eigenvalue weighted by Gasteiger charge is 2.51. The third-order valence-electron chi connectivity index (χ3n) is 5.61. The van der Waals surface area contributed by atoms with Gasteiger partial charge >= 0.3 is 0 Å². The predicted molar refractivity (Wildman–Crippen MR) is 94.2 cm³/mol. The van der Waals surface area contributed by atoms with Crippen molar-refractivity contribution in [2.24, 2.45) is 11.3 Å². The van der Waals surface area contributed by atoms with Gasteiger partial charge in [0.05, 0.1) is 5.92 Å². The quantitative estimate of drug-likeness (QED) is 0.840. The van der Waals surface area contributed by atoms with Gasteiger partial charge in [-0.2, -0.15) is 0 Å². The highest BCUT2D eigenvalue weighted by Crippen LogP contribution is 2.49. The fraction of sp³-hybridized carbons (Fsp3) is 0.579. The number of hydrogen-bond donors (Lipinski definition) is 0. The van der Waals surface area contributed by atoms with E-state index in [9.17, 15) is 4.79 Å². The zero-order valence-corrected chi connectivity index (χ0v) is 15.2. The lowest BCUT2D eigenvalue weighted by Gasteiger charge is -2.36. The summed E-state index contributed by atoms with van der Waals surface area (Å²) in [6.07, 6.45) is 5.23. The van der Waals surface area contributed by atoms with E-state index in [0.29, 0.717) is 31.5 Å². The van der Waals surface area contributed by atoms with E-state index in [1.54, 1.807) is 12.4 Å². The van der Waals surface area contributed by atoms with Crippen LogP contribution in [-0.4, -0.2) is 52.3 Å². The van der Waals surface area contributed by atoms with Crippen LogP contribution in [-0.2, 0) is 9.53 Å². The average Bonchev–Trinajstić information content (AvgIpc) is 3.28. The summed E-state index contributed by atoms with van der Waals surface area (Å²) in [4.78, 5) is 18.6. The number of likely N-dealkylation sites (tertiary alicyclic amines) is 1. The maximum absolute atomic E-state index is 12.6. The summed E-state index contributed by atoms with van der Waals surface area (Å²) in [5, 5.41) is 8.58. The summed E-state index contributed by atoms with van der Waals surface area (Å²) >= 11 is 0. The Bertz CT molecular complexity index is 768. The molecule has 1 atom stereocenters. The van der Waals surface area contributed by atoms with Gasteiger partial charge in [0.25, 0.3) is 0 Å². The summed E-state index contributed by atoms with van der Waals surface area (Å²) < 4.78 is 11.6. The van der Waals surface area contributed by atoms with Crippen LogP contribution in [0.3, 0.4) is 0 Å². The number of pyridine rings is 1. The molecule has 1 unspecified atom stereocenters. The van der Waals surface area contributed by atoms with Gasteiger partial charge in [-0.25, -0.2) is 0 Å². The molecule has 0 N–H and O–H groups in total. The third kappa shape index (κ3) is 3.00. The van der Waals surface area contributed by atoms with Crippen molar-refractivity contribution < 1.29 is 13.9 Å². The van der Waals surface area contributed by atoms with Crippen LogP contribution in [0, 0.1) is 11.3 Å². The van der Waals surface area contributed by atoms with Crippen LogP contribution in [0.15, 0.2) is 28.9 Å². The number of aromatic nitrogens is 3. The van der Waals surface area contributed by atoms with Crippen molar-refractivity contribution in [2.75, 3.05) is 26.3 Å². The molecule has 1 spiro atoms. The maximum atomic E-state index is 12.6. The van der Waals surface area contributed by atoms with Crippen LogP contribution in [0.25, 0.3) is 11.5 Å². The molecule has 7 heteroatoms. The van der Waals surface area contributed by atoms with Crippen molar-refractivity contribution in [2.45, 2.75) is 32.6 Å². The van der Waals surface area contributed by atoms with Crippen molar-refractivity contribution in [1.82, 2.24) is 20.1 Å². The molecular weight excluding hydrogens is 332 g/mol. The second kappa shape index (κ2) is 6.79. The third-order valence-corrected chi connectivity index (χ3v) is 5.61. The van der Waals surface area contributed by atoms with Gasteiger partial charge in [-0.05, 0) is 25.0 Å². The second-order valence-electron chi connectivity index (χ2n) is 7.58. The van der Waals surface area contributed by atoms with Crippen molar-refractivity contribution in [3.63, 3.8) is 0 Å². The smallest absolute Gasteiger partial charge is 0.247 e. The van der Waals surface area contributed by atoms with Gasteiger partial charge in [-0.3, -0.25) is 9.78 Å². The molecule has 2 aromatic heterocycles. The molecule has 2 saturated heterocycles. The lowest BCUT2D eigenvalue weighted by molar-refractivity contribution is -0.134. The molecule has 2 aliphatic heterocycles. The van der Waals surface area contributed by atoms with Gasteiger partial charge in [0.2, 0.25) is 17.7 Å². The zero-order chi connectivity index (χ0) is 18.1. The molecule has 7 nitrogen and oxygen atoms in total. The molecular formula is C19H24N4O3. The van der Waals surface area contributed by atoms with E-state index in [4.69, 9.17) is 9.15 Å². The number of amides is 1. The Balaban J connectivity index is 1.64. The fourth-order valence-corrected chi connectivity index (χ4v) is 4.11. The first kappa shape index (κ1) is 17.1. The summed E-state index contributed by atoms with van der Waals surface area (Å²) in [5.41, 5.74) is 0.818. The van der Waals surface area contributed by atoms with E-state index in [-0.39, 0.29) is 23.2 Å². The Labute approximate surface area is 152 Å². The monoisotopic (exact) mass is 356 g/mol. The molecule has 0 aromatic carbocycles. The first-order valence-electron chi connectivity index (χ1n) is 9.19. The number of hydrogen-bond acceptors (Lipinski definition) is 6. The topological polar surface area (TPSA) is 81.4 Å². The van der Waals surface area contributed by atoms with Gasteiger partial charge in [0.1, 0.15) is 0 Å². The minimum Gasteiger partial charge on any atom is -0.420 e. The van der Waals surface area contributed by atoms with Crippen molar-refractivity contribution >= 4 is 5.91 Å². The minimum atomic E-state index is -0.0369. The molecule has 0 saturated carbocycles. The van der Waals surface area contributed by atoms with Gasteiger partial charge in [-0.15, -0.1) is 10.2 Å². The van der Waals surface area contributed by atoms with E-state index in [1.165, 1.54) is 0 Å². The molecule has 4 rings (SSSR count). The number of ether oxygens (including phenoxy) is 1. The number of carbonyl (C=O) groups is 1. The molecule has 0 bridgehead atoms. The SMILES string of the molecule is CC(C)C(=O)N1CC(c2nnc(-c3ccncc3)o2)C2(CCOCC2)C1. The summed E-state index contributed by atoms with van der Waals surface area (Å²) in [7, 11) is 0. The Morgan fingerprint density at radius 1 is 1.23 bits per heavy atom. The van der Waals surface area contributed by atoms with Crippen LogP contribution in [0.2, 0.25) is 0 Å². The molecule has 138 valence electrons. The van der Waals surface area contributed by atoms with E-state index >= 15 is 0 Å². The van der Waals surface area contributed by atoms with E-state index in [1.807, 2.05) is 30.9 Å². The van der Waals surface area contributed by atoms with E-state index in [0.717, 1.165) is 24.9 Å². The molecule has 2 fully saturated rings. The summed E-state index contributed by atoms with van der Waals surface area (Å²) in [5.74, 6) is 1.35. The zero-order valence-electron chi connectivity index (χ0n) is 15.2. The first-order valence-corrected chi connectivity index (χ1v) is 9.19. The van der Waals surface area contributed by atoms with Crippen LogP contribution < -0.4 is 0 Å². The molecule has 0 radical (unpaired) electrons. The number of nitrogens with zero attached hydrogens (tertiary/aromatic N) is 4. The normalized spacial score (nSPS) is 22.3. The molecule has 0 aliphatic carbocycles. The Hall–Kier alpha value is -2.28. The first-order chi connectivity index (χ1) is 12.6. The highest BCUT2D eigenvalue weighted by molar-refractivity contribution is 5.78. The molecule has 2 aliphatic rings. The Morgan fingerprint density at radius 3 is 2.65 bits per heavy atom. The second-order valence-corrected chi connectivity index (χ2v) is 7.58. The predicted octanol–water partition coefficient (Wildman–Crippen LogP) is 2.51. The standard InChI is InChI=1S/C19H24N4O3/c1-13(2)18(24)23-11-15(19(12-23)5-9-25-10-6-19)17-22-21-16(26-17)14-3-7-20-8-4-14/h3-4,7-8,13,15H,5-6,9-12H2,1-2H3. The van der Waals surface area contributed by atoms with Crippen LogP contribution in [0.5, 0.6) is 0 Å². The van der Waals surface area contributed by atoms with Crippen LogP contribution in [0.1, 0.15) is 38.5 Å². The molecule has 4 heterocycles. The van der Waals surface area contributed by atoms with Gasteiger partial charge in [0, 0.05) is 55.6 Å². The average molecular weight is 356 g/mol. The van der Waals surface area contributed by atoms with Crippen LogP contribution in [0.4, 0.5) is 0 Å². The lowest BCUT2D eigenvalue weighted by atomic mass is 9.72. The molecule has 2 aromatic rings. The number of carbonyl (C=O) groups excluding carboxylic acids is 1. The van der Waals surface area contributed by atoms with E-state index < -0.39 is 0 Å². The van der Waals surface area contributed by atoms with Gasteiger partial charge in [0.15, 0.2) is 0 Å².